The van der Waals surface area contributed by atoms with Gasteiger partial charge in [0.15, 0.2) is 0 Å². The number of hydrogen-bond acceptors (Lipinski definition) is 4. The van der Waals surface area contributed by atoms with E-state index in [2.05, 4.69) is 34.2 Å². The van der Waals surface area contributed by atoms with Crippen LogP contribution in [0.5, 0.6) is 0 Å². The Kier molecular flexibility index (Phi) is 2.44. The van der Waals surface area contributed by atoms with Crippen LogP contribution in [0.4, 0.5) is 11.8 Å². The maximum atomic E-state index is 6.10. The van der Waals surface area contributed by atoms with Gasteiger partial charge in [-0.3, -0.25) is 0 Å². The van der Waals surface area contributed by atoms with Crippen molar-refractivity contribution in [2.75, 3.05) is 11.5 Å². The van der Waals surface area contributed by atoms with Gasteiger partial charge >= 0.3 is 0 Å². The van der Waals surface area contributed by atoms with E-state index in [1.54, 1.807) is 0 Å². The Bertz CT molecular complexity index is 827. The van der Waals surface area contributed by atoms with Crippen LogP contribution in [0.3, 0.4) is 0 Å². The van der Waals surface area contributed by atoms with E-state index in [-0.39, 0.29) is 11.9 Å². The van der Waals surface area contributed by atoms with E-state index in [1.807, 2.05) is 30.3 Å². The van der Waals surface area contributed by atoms with E-state index in [0.717, 1.165) is 16.8 Å². The van der Waals surface area contributed by atoms with Crippen LogP contribution in [0.2, 0.25) is 0 Å². The van der Waals surface area contributed by atoms with Crippen LogP contribution in [0.1, 0.15) is 22.7 Å². The first-order valence-corrected chi connectivity index (χ1v) is 6.83. The minimum absolute atomic E-state index is 0.0602. The predicted octanol–water partition coefficient (Wildman–Crippen LogP) is 2.80. The molecule has 4 heteroatoms. The molecule has 0 saturated heterocycles. The smallest absolute Gasteiger partial charge is 0.222 e. The van der Waals surface area contributed by atoms with E-state index < -0.39 is 0 Å². The summed E-state index contributed by atoms with van der Waals surface area (Å²) >= 11 is 0. The first-order chi connectivity index (χ1) is 10.3. The third-order valence-electron chi connectivity index (χ3n) is 3.93. The molecule has 102 valence electrons. The van der Waals surface area contributed by atoms with Gasteiger partial charge in [-0.25, -0.2) is 4.98 Å². The quantitative estimate of drug-likeness (QED) is 0.559. The van der Waals surface area contributed by atoms with E-state index in [4.69, 9.17) is 11.5 Å². The van der Waals surface area contributed by atoms with Crippen molar-refractivity contribution in [2.45, 2.75) is 5.92 Å². The normalized spacial score (nSPS) is 15.5. The van der Waals surface area contributed by atoms with Gasteiger partial charge in [0.1, 0.15) is 5.82 Å². The second-order valence-electron chi connectivity index (χ2n) is 5.16. The molecule has 0 radical (unpaired) electrons. The van der Waals surface area contributed by atoms with Crippen LogP contribution in [0.15, 0.2) is 54.6 Å². The summed E-state index contributed by atoms with van der Waals surface area (Å²) in [4.78, 5) is 8.59. The molecule has 21 heavy (non-hydrogen) atoms. The molecule has 3 aromatic rings. The predicted molar refractivity (Wildman–Crippen MR) is 83.7 cm³/mol. The number of benzene rings is 2. The van der Waals surface area contributed by atoms with Gasteiger partial charge in [0.25, 0.3) is 0 Å². The molecule has 0 amide bonds. The highest BCUT2D eigenvalue weighted by Gasteiger charge is 2.33. The molecule has 1 aliphatic rings. The van der Waals surface area contributed by atoms with Crippen molar-refractivity contribution in [3.8, 4) is 11.1 Å². The fourth-order valence-corrected chi connectivity index (χ4v) is 3.11. The molecular formula is C17H14N4. The van der Waals surface area contributed by atoms with Crippen LogP contribution >= 0.6 is 0 Å². The molecule has 1 unspecified atom stereocenters. The van der Waals surface area contributed by atoms with Crippen molar-refractivity contribution < 1.29 is 0 Å². The third kappa shape index (κ3) is 1.69. The van der Waals surface area contributed by atoms with Gasteiger partial charge in [-0.05, 0) is 16.7 Å². The molecule has 1 aromatic heterocycles. The first kappa shape index (κ1) is 11.9. The number of fused-ring (bicyclic) bond motifs is 3. The molecule has 2 aromatic carbocycles. The molecule has 1 aliphatic carbocycles. The summed E-state index contributed by atoms with van der Waals surface area (Å²) < 4.78 is 0. The minimum Gasteiger partial charge on any atom is -0.383 e. The summed E-state index contributed by atoms with van der Waals surface area (Å²) in [7, 11) is 0. The van der Waals surface area contributed by atoms with Crippen LogP contribution in [-0.2, 0) is 0 Å². The van der Waals surface area contributed by atoms with Crippen molar-refractivity contribution in [1.82, 2.24) is 9.97 Å². The van der Waals surface area contributed by atoms with Crippen LogP contribution in [0, 0.1) is 0 Å². The Morgan fingerprint density at radius 1 is 0.810 bits per heavy atom. The molecule has 4 nitrogen and oxygen atoms in total. The molecular weight excluding hydrogens is 260 g/mol. The summed E-state index contributed by atoms with van der Waals surface area (Å²) in [6.07, 6.45) is 0. The summed E-state index contributed by atoms with van der Waals surface area (Å²) in [6, 6.07) is 18.5. The van der Waals surface area contributed by atoms with Gasteiger partial charge < -0.3 is 11.5 Å². The largest absolute Gasteiger partial charge is 0.383 e. The lowest BCUT2D eigenvalue weighted by atomic mass is 9.92. The lowest BCUT2D eigenvalue weighted by molar-refractivity contribution is 0.947. The highest BCUT2D eigenvalue weighted by Crippen LogP contribution is 2.48. The Morgan fingerprint density at radius 2 is 1.52 bits per heavy atom. The van der Waals surface area contributed by atoms with Gasteiger partial charge in [-0.15, -0.1) is 0 Å². The van der Waals surface area contributed by atoms with Crippen molar-refractivity contribution in [2.24, 2.45) is 0 Å². The Balaban J connectivity index is 2.06. The zero-order valence-corrected chi connectivity index (χ0v) is 11.3. The van der Waals surface area contributed by atoms with Gasteiger partial charge in [-0.1, -0.05) is 54.6 Å². The molecule has 4 rings (SSSR count). The van der Waals surface area contributed by atoms with Gasteiger partial charge in [0.2, 0.25) is 5.95 Å². The molecule has 0 saturated carbocycles. The zero-order valence-electron chi connectivity index (χ0n) is 11.3. The molecule has 1 atom stereocenters. The monoisotopic (exact) mass is 274 g/mol. The topological polar surface area (TPSA) is 77.8 Å². The molecule has 0 spiro atoms. The third-order valence-corrected chi connectivity index (χ3v) is 3.93. The standard InChI is InChI=1S/C17H14N4/c18-16-14-12-9-5-4-8-11(12)13(10-6-2-1-3-7-10)15(14)20-17(19)21-16/h1-9,13H,(H4,18,19,20,21). The maximum Gasteiger partial charge on any atom is 0.222 e. The van der Waals surface area contributed by atoms with E-state index in [9.17, 15) is 0 Å². The second-order valence-corrected chi connectivity index (χ2v) is 5.16. The number of hydrogen-bond donors (Lipinski definition) is 2. The first-order valence-electron chi connectivity index (χ1n) is 6.83. The lowest BCUT2D eigenvalue weighted by Gasteiger charge is -2.13. The number of rotatable bonds is 1. The SMILES string of the molecule is Nc1nc(N)c2c(n1)C(c1ccccc1)c1ccccc1-2. The molecule has 0 bridgehead atoms. The number of aromatic nitrogens is 2. The van der Waals surface area contributed by atoms with Gasteiger partial charge in [0, 0.05) is 5.56 Å². The lowest BCUT2D eigenvalue weighted by Crippen LogP contribution is -2.07. The highest BCUT2D eigenvalue weighted by atomic mass is 15.0. The summed E-state index contributed by atoms with van der Waals surface area (Å²) in [6.45, 7) is 0. The van der Waals surface area contributed by atoms with Crippen molar-refractivity contribution in [3.63, 3.8) is 0 Å². The highest BCUT2D eigenvalue weighted by molar-refractivity contribution is 5.86. The molecule has 1 heterocycles. The number of nitrogens with two attached hydrogens (primary N) is 2. The second kappa shape index (κ2) is 4.31. The van der Waals surface area contributed by atoms with Gasteiger partial charge in [-0.2, -0.15) is 4.98 Å². The number of nitrogens with zero attached hydrogens (tertiary/aromatic N) is 2. The summed E-state index contributed by atoms with van der Waals surface area (Å²) in [5, 5.41) is 0. The minimum atomic E-state index is 0.0602. The van der Waals surface area contributed by atoms with Crippen LogP contribution < -0.4 is 11.5 Å². The fourth-order valence-electron chi connectivity index (χ4n) is 3.11. The molecule has 0 aliphatic heterocycles. The van der Waals surface area contributed by atoms with Crippen molar-refractivity contribution in [3.05, 3.63) is 71.4 Å². The number of anilines is 2. The summed E-state index contributed by atoms with van der Waals surface area (Å²) in [5.41, 5.74) is 17.2. The van der Waals surface area contributed by atoms with Gasteiger partial charge in [0.05, 0.1) is 11.6 Å². The summed E-state index contributed by atoms with van der Waals surface area (Å²) in [5.74, 6) is 0.730. The zero-order chi connectivity index (χ0) is 14.4. The van der Waals surface area contributed by atoms with E-state index in [1.165, 1.54) is 11.1 Å². The van der Waals surface area contributed by atoms with E-state index in [0.29, 0.717) is 5.82 Å². The molecule has 0 fully saturated rings. The van der Waals surface area contributed by atoms with Crippen LogP contribution in [-0.4, -0.2) is 9.97 Å². The Labute approximate surface area is 122 Å². The molecule has 4 N–H and O–H groups in total. The van der Waals surface area contributed by atoms with Crippen molar-refractivity contribution in [1.29, 1.82) is 0 Å². The van der Waals surface area contributed by atoms with Crippen LogP contribution in [0.25, 0.3) is 11.1 Å². The average Bonchev–Trinajstić information content (AvgIpc) is 2.82. The Morgan fingerprint density at radius 3 is 2.33 bits per heavy atom. The average molecular weight is 274 g/mol. The van der Waals surface area contributed by atoms with E-state index >= 15 is 0 Å². The maximum absolute atomic E-state index is 6.10. The van der Waals surface area contributed by atoms with Crippen molar-refractivity contribution >= 4 is 11.8 Å². The Hall–Kier alpha value is -2.88. The fraction of sp³-hybridized carbons (Fsp3) is 0.0588. The number of nitrogen functional groups attached to an aromatic ring is 2.